The van der Waals surface area contributed by atoms with Crippen molar-refractivity contribution < 1.29 is 9.53 Å². The number of para-hydroxylation sites is 1. The lowest BCUT2D eigenvalue weighted by atomic mass is 9.93. The van der Waals surface area contributed by atoms with Crippen molar-refractivity contribution in [1.82, 2.24) is 14.9 Å². The van der Waals surface area contributed by atoms with Gasteiger partial charge in [0.2, 0.25) is 5.91 Å². The summed E-state index contributed by atoms with van der Waals surface area (Å²) in [6.45, 7) is 4.01. The molecule has 1 fully saturated rings. The number of likely N-dealkylation sites (tertiary alicyclic amines) is 1. The second-order valence-corrected chi connectivity index (χ2v) is 7.71. The van der Waals surface area contributed by atoms with Gasteiger partial charge in [-0.1, -0.05) is 42.5 Å². The van der Waals surface area contributed by atoms with E-state index in [2.05, 4.69) is 24.0 Å². The van der Waals surface area contributed by atoms with Crippen LogP contribution in [0.3, 0.4) is 0 Å². The Bertz CT molecular complexity index is 982. The fraction of sp³-hybridized carbons (Fsp3) is 0.320. The van der Waals surface area contributed by atoms with E-state index in [1.54, 1.807) is 0 Å². The Morgan fingerprint density at radius 3 is 2.53 bits per heavy atom. The fourth-order valence-electron chi connectivity index (χ4n) is 3.92. The van der Waals surface area contributed by atoms with Gasteiger partial charge < -0.3 is 9.64 Å². The molecule has 1 amide bonds. The molecule has 154 valence electrons. The highest BCUT2D eigenvalue weighted by Crippen LogP contribution is 2.29. The standard InChI is InChI=1S/C25H27N3O2/c1-19-7-5-6-10-22(19)24-18-26-17-23(27-24)20-11-14-28(15-12-20)25(29)13-16-30-21-8-3-2-4-9-21/h2-10,17-18,20H,11-16H2,1H3. The number of piperidine rings is 1. The summed E-state index contributed by atoms with van der Waals surface area (Å²) in [7, 11) is 0. The lowest BCUT2D eigenvalue weighted by Crippen LogP contribution is -2.38. The molecule has 1 aliphatic rings. The van der Waals surface area contributed by atoms with E-state index in [9.17, 15) is 4.79 Å². The van der Waals surface area contributed by atoms with Crippen LogP contribution in [-0.4, -0.2) is 40.5 Å². The fourth-order valence-corrected chi connectivity index (χ4v) is 3.92. The van der Waals surface area contributed by atoms with Gasteiger partial charge in [0.1, 0.15) is 5.75 Å². The predicted molar refractivity (Wildman–Crippen MR) is 117 cm³/mol. The molecule has 5 nitrogen and oxygen atoms in total. The van der Waals surface area contributed by atoms with Crippen molar-refractivity contribution in [3.05, 3.63) is 78.2 Å². The molecule has 2 aromatic carbocycles. The molecule has 0 atom stereocenters. The molecule has 3 aromatic rings. The molecule has 0 aliphatic carbocycles. The summed E-state index contributed by atoms with van der Waals surface area (Å²) in [6, 6.07) is 17.9. The molecule has 30 heavy (non-hydrogen) atoms. The van der Waals surface area contributed by atoms with Gasteiger partial charge in [-0.2, -0.15) is 0 Å². The van der Waals surface area contributed by atoms with Crippen LogP contribution in [0.2, 0.25) is 0 Å². The maximum atomic E-state index is 12.5. The quantitative estimate of drug-likeness (QED) is 0.604. The number of amides is 1. The number of ether oxygens (including phenoxy) is 1. The second kappa shape index (κ2) is 9.53. The first-order chi connectivity index (χ1) is 14.7. The summed E-state index contributed by atoms with van der Waals surface area (Å²) in [5.41, 5.74) is 4.26. The number of aryl methyl sites for hydroxylation is 1. The van der Waals surface area contributed by atoms with Crippen molar-refractivity contribution >= 4 is 5.91 Å². The molecule has 5 heteroatoms. The van der Waals surface area contributed by atoms with Gasteiger partial charge in [-0.15, -0.1) is 0 Å². The summed E-state index contributed by atoms with van der Waals surface area (Å²) in [5.74, 6) is 1.30. The molecule has 0 radical (unpaired) electrons. The first-order valence-electron chi connectivity index (χ1n) is 10.5. The Morgan fingerprint density at radius 1 is 1.03 bits per heavy atom. The van der Waals surface area contributed by atoms with E-state index < -0.39 is 0 Å². The predicted octanol–water partition coefficient (Wildman–Crippen LogP) is 4.63. The number of aromatic nitrogens is 2. The number of hydrogen-bond donors (Lipinski definition) is 0. The highest BCUT2D eigenvalue weighted by Gasteiger charge is 2.25. The van der Waals surface area contributed by atoms with Crippen molar-refractivity contribution in [2.45, 2.75) is 32.1 Å². The van der Waals surface area contributed by atoms with E-state index in [0.717, 1.165) is 48.6 Å². The Balaban J connectivity index is 1.31. The number of carbonyl (C=O) groups excluding carboxylic acids is 1. The number of nitrogens with zero attached hydrogens (tertiary/aromatic N) is 3. The lowest BCUT2D eigenvalue weighted by Gasteiger charge is -2.31. The first-order valence-corrected chi connectivity index (χ1v) is 10.5. The third-order valence-electron chi connectivity index (χ3n) is 5.67. The van der Waals surface area contributed by atoms with Crippen LogP contribution in [0.4, 0.5) is 0 Å². The van der Waals surface area contributed by atoms with Gasteiger partial charge in [-0.25, -0.2) is 4.98 Å². The summed E-state index contributed by atoms with van der Waals surface area (Å²) in [5, 5.41) is 0. The third kappa shape index (κ3) is 4.85. The molecule has 0 bridgehead atoms. The lowest BCUT2D eigenvalue weighted by molar-refractivity contribution is -0.132. The zero-order valence-electron chi connectivity index (χ0n) is 17.3. The summed E-state index contributed by atoms with van der Waals surface area (Å²) >= 11 is 0. The third-order valence-corrected chi connectivity index (χ3v) is 5.67. The Morgan fingerprint density at radius 2 is 1.77 bits per heavy atom. The van der Waals surface area contributed by atoms with Gasteiger partial charge >= 0.3 is 0 Å². The van der Waals surface area contributed by atoms with Crippen LogP contribution in [0.5, 0.6) is 5.75 Å². The number of carbonyl (C=O) groups is 1. The summed E-state index contributed by atoms with van der Waals surface area (Å²) in [6.07, 6.45) is 5.94. The Kier molecular flexibility index (Phi) is 6.38. The molecule has 4 rings (SSSR count). The molecule has 1 aliphatic heterocycles. The molecule has 0 saturated carbocycles. The average Bonchev–Trinajstić information content (AvgIpc) is 2.80. The van der Waals surface area contributed by atoms with Gasteiger partial charge in [0, 0.05) is 30.8 Å². The molecule has 2 heterocycles. The van der Waals surface area contributed by atoms with E-state index >= 15 is 0 Å². The summed E-state index contributed by atoms with van der Waals surface area (Å²) < 4.78 is 5.66. The SMILES string of the molecule is Cc1ccccc1-c1cncc(C2CCN(C(=O)CCOc3ccccc3)CC2)n1. The first kappa shape index (κ1) is 20.1. The van der Waals surface area contributed by atoms with Crippen molar-refractivity contribution in [2.75, 3.05) is 19.7 Å². The van der Waals surface area contributed by atoms with Gasteiger partial charge in [0.15, 0.2) is 0 Å². The monoisotopic (exact) mass is 401 g/mol. The van der Waals surface area contributed by atoms with E-state index in [4.69, 9.17) is 9.72 Å². The van der Waals surface area contributed by atoms with Gasteiger partial charge in [0.05, 0.1) is 30.6 Å². The molecular formula is C25H27N3O2. The van der Waals surface area contributed by atoms with Crippen molar-refractivity contribution in [3.8, 4) is 17.0 Å². The largest absolute Gasteiger partial charge is 0.493 e. The van der Waals surface area contributed by atoms with Crippen LogP contribution in [-0.2, 0) is 4.79 Å². The molecule has 0 spiro atoms. The molecular weight excluding hydrogens is 374 g/mol. The van der Waals surface area contributed by atoms with Crippen LogP contribution in [0.25, 0.3) is 11.3 Å². The van der Waals surface area contributed by atoms with E-state index in [1.165, 1.54) is 5.56 Å². The minimum Gasteiger partial charge on any atom is -0.493 e. The molecule has 0 N–H and O–H groups in total. The highest BCUT2D eigenvalue weighted by atomic mass is 16.5. The van der Waals surface area contributed by atoms with Crippen LogP contribution in [0.1, 0.15) is 36.4 Å². The van der Waals surface area contributed by atoms with Gasteiger partial charge in [-0.05, 0) is 37.5 Å². The zero-order valence-corrected chi connectivity index (χ0v) is 17.3. The Labute approximate surface area is 177 Å². The van der Waals surface area contributed by atoms with Crippen molar-refractivity contribution in [2.24, 2.45) is 0 Å². The Hall–Kier alpha value is -3.21. The molecule has 1 saturated heterocycles. The van der Waals surface area contributed by atoms with E-state index in [0.29, 0.717) is 18.9 Å². The van der Waals surface area contributed by atoms with Gasteiger partial charge in [-0.3, -0.25) is 9.78 Å². The smallest absolute Gasteiger partial charge is 0.225 e. The number of benzene rings is 2. The number of rotatable bonds is 6. The summed E-state index contributed by atoms with van der Waals surface area (Å²) in [4.78, 5) is 23.8. The van der Waals surface area contributed by atoms with E-state index in [-0.39, 0.29) is 5.91 Å². The highest BCUT2D eigenvalue weighted by molar-refractivity contribution is 5.76. The average molecular weight is 402 g/mol. The van der Waals surface area contributed by atoms with Crippen molar-refractivity contribution in [3.63, 3.8) is 0 Å². The topological polar surface area (TPSA) is 55.3 Å². The maximum Gasteiger partial charge on any atom is 0.225 e. The van der Waals surface area contributed by atoms with Gasteiger partial charge in [0.25, 0.3) is 0 Å². The second-order valence-electron chi connectivity index (χ2n) is 7.71. The molecule has 1 aromatic heterocycles. The normalized spacial score (nSPS) is 14.5. The van der Waals surface area contributed by atoms with Crippen LogP contribution in [0, 0.1) is 6.92 Å². The maximum absolute atomic E-state index is 12.5. The minimum atomic E-state index is 0.157. The minimum absolute atomic E-state index is 0.157. The molecule has 0 unspecified atom stereocenters. The van der Waals surface area contributed by atoms with Crippen LogP contribution < -0.4 is 4.74 Å². The van der Waals surface area contributed by atoms with Crippen molar-refractivity contribution in [1.29, 1.82) is 0 Å². The number of hydrogen-bond acceptors (Lipinski definition) is 4. The zero-order chi connectivity index (χ0) is 20.8. The van der Waals surface area contributed by atoms with E-state index in [1.807, 2.05) is 59.8 Å². The van der Waals surface area contributed by atoms with Crippen LogP contribution >= 0.6 is 0 Å². The van der Waals surface area contributed by atoms with Crippen LogP contribution in [0.15, 0.2) is 67.0 Å².